The lowest BCUT2D eigenvalue weighted by Gasteiger charge is -2.22. The summed E-state index contributed by atoms with van der Waals surface area (Å²) in [6.07, 6.45) is 2.40. The maximum absolute atomic E-state index is 13.2. The Balaban J connectivity index is 1.67. The molecule has 0 atom stereocenters. The molecule has 0 saturated carbocycles. The molecule has 7 heteroatoms. The molecule has 0 radical (unpaired) electrons. The maximum Gasteiger partial charge on any atom is 0.270 e. The zero-order chi connectivity index (χ0) is 17.1. The Morgan fingerprint density at radius 3 is 2.38 bits per heavy atom. The number of H-pyrrole nitrogens is 1. The number of hydrogen-bond acceptors (Lipinski definition) is 2. The minimum absolute atomic E-state index is 0.0702. The molecule has 126 valence electrons. The summed E-state index contributed by atoms with van der Waals surface area (Å²) in [5.74, 6) is -0.822. The van der Waals surface area contributed by atoms with Gasteiger partial charge in [0.05, 0.1) is 5.02 Å². The second kappa shape index (κ2) is 7.05. The Labute approximate surface area is 144 Å². The maximum atomic E-state index is 13.2. The Morgan fingerprint density at radius 1 is 1.04 bits per heavy atom. The fraction of sp³-hybridized carbons (Fsp3) is 0.294. The van der Waals surface area contributed by atoms with Crippen LogP contribution in [0.25, 0.3) is 0 Å². The first-order valence-corrected chi connectivity index (χ1v) is 8.11. The number of carbonyl (C=O) groups excluding carboxylic acids is 2. The normalized spacial score (nSPS) is 15.2. The number of hydrogen-bond donors (Lipinski definition) is 1. The first-order valence-electron chi connectivity index (χ1n) is 7.73. The van der Waals surface area contributed by atoms with Crippen LogP contribution in [-0.4, -0.2) is 52.8 Å². The van der Waals surface area contributed by atoms with E-state index in [1.807, 2.05) is 0 Å². The summed E-state index contributed by atoms with van der Waals surface area (Å²) < 4.78 is 13.2. The number of aromatic nitrogens is 1. The summed E-state index contributed by atoms with van der Waals surface area (Å²) in [4.78, 5) is 31.2. The second-order valence-electron chi connectivity index (χ2n) is 5.65. The number of nitrogens with zero attached hydrogens (tertiary/aromatic N) is 2. The van der Waals surface area contributed by atoms with Crippen LogP contribution in [0.5, 0.6) is 0 Å². The average molecular weight is 350 g/mol. The van der Waals surface area contributed by atoms with E-state index in [2.05, 4.69) is 4.98 Å². The topological polar surface area (TPSA) is 56.4 Å². The van der Waals surface area contributed by atoms with E-state index in [1.54, 1.807) is 28.1 Å². The van der Waals surface area contributed by atoms with E-state index in [4.69, 9.17) is 11.6 Å². The van der Waals surface area contributed by atoms with E-state index in [1.165, 1.54) is 18.2 Å². The molecule has 3 rings (SSSR count). The van der Waals surface area contributed by atoms with Crippen LogP contribution in [0.4, 0.5) is 4.39 Å². The summed E-state index contributed by atoms with van der Waals surface area (Å²) >= 11 is 5.75. The largest absolute Gasteiger partial charge is 0.357 e. The molecular weight excluding hydrogens is 333 g/mol. The van der Waals surface area contributed by atoms with Crippen LogP contribution in [0.1, 0.15) is 27.3 Å². The van der Waals surface area contributed by atoms with Crippen molar-refractivity contribution in [1.29, 1.82) is 0 Å². The van der Waals surface area contributed by atoms with Crippen molar-refractivity contribution >= 4 is 23.4 Å². The second-order valence-corrected chi connectivity index (χ2v) is 6.06. The predicted octanol–water partition coefficient (Wildman–Crippen LogP) is 2.80. The molecule has 2 aromatic rings. The molecule has 0 unspecified atom stereocenters. The van der Waals surface area contributed by atoms with E-state index in [0.29, 0.717) is 43.9 Å². The third-order valence-corrected chi connectivity index (χ3v) is 4.35. The quantitative estimate of drug-likeness (QED) is 0.906. The van der Waals surface area contributed by atoms with Crippen molar-refractivity contribution in [3.05, 3.63) is 58.6 Å². The summed E-state index contributed by atoms with van der Waals surface area (Å²) in [6, 6.07) is 7.46. The van der Waals surface area contributed by atoms with Gasteiger partial charge in [-0.1, -0.05) is 11.6 Å². The Hall–Kier alpha value is -2.34. The van der Waals surface area contributed by atoms with Crippen LogP contribution in [0.3, 0.4) is 0 Å². The zero-order valence-electron chi connectivity index (χ0n) is 13.0. The van der Waals surface area contributed by atoms with Gasteiger partial charge in [0.1, 0.15) is 11.5 Å². The molecule has 1 aromatic heterocycles. The molecule has 24 heavy (non-hydrogen) atoms. The lowest BCUT2D eigenvalue weighted by atomic mass is 10.2. The molecule has 5 nitrogen and oxygen atoms in total. The SMILES string of the molecule is O=C(c1ccc(F)c(Cl)c1)N1CCCN(C(=O)c2ccc[nH]2)CC1. The third kappa shape index (κ3) is 3.43. The van der Waals surface area contributed by atoms with Crippen LogP contribution in [-0.2, 0) is 0 Å². The Kier molecular flexibility index (Phi) is 4.85. The van der Waals surface area contributed by atoms with Crippen molar-refractivity contribution in [1.82, 2.24) is 14.8 Å². The molecule has 1 aliphatic rings. The van der Waals surface area contributed by atoms with Gasteiger partial charge >= 0.3 is 0 Å². The van der Waals surface area contributed by atoms with Gasteiger partial charge < -0.3 is 14.8 Å². The highest BCUT2D eigenvalue weighted by Crippen LogP contribution is 2.18. The van der Waals surface area contributed by atoms with Crippen LogP contribution < -0.4 is 0 Å². The van der Waals surface area contributed by atoms with Gasteiger partial charge in [0.15, 0.2) is 0 Å². The number of nitrogens with one attached hydrogen (secondary N) is 1. The van der Waals surface area contributed by atoms with Crippen LogP contribution in [0.2, 0.25) is 5.02 Å². The minimum Gasteiger partial charge on any atom is -0.357 e. The monoisotopic (exact) mass is 349 g/mol. The number of rotatable bonds is 2. The number of benzene rings is 1. The molecule has 1 N–H and O–H groups in total. The van der Waals surface area contributed by atoms with Crippen molar-refractivity contribution in [2.24, 2.45) is 0 Å². The Bertz CT molecular complexity index is 748. The highest BCUT2D eigenvalue weighted by molar-refractivity contribution is 6.31. The molecule has 2 amide bonds. The van der Waals surface area contributed by atoms with Crippen molar-refractivity contribution < 1.29 is 14.0 Å². The third-order valence-electron chi connectivity index (χ3n) is 4.07. The summed E-state index contributed by atoms with van der Waals surface area (Å²) in [7, 11) is 0. The van der Waals surface area contributed by atoms with Gasteiger partial charge in [0, 0.05) is 37.9 Å². The van der Waals surface area contributed by atoms with E-state index in [0.717, 1.165) is 0 Å². The van der Waals surface area contributed by atoms with E-state index >= 15 is 0 Å². The number of halogens is 2. The van der Waals surface area contributed by atoms with Gasteiger partial charge in [-0.3, -0.25) is 9.59 Å². The highest BCUT2D eigenvalue weighted by Gasteiger charge is 2.24. The van der Waals surface area contributed by atoms with Gasteiger partial charge in [-0.25, -0.2) is 4.39 Å². The standard InChI is InChI=1S/C17H17ClFN3O2/c18-13-11-12(4-5-14(13)19)16(23)21-7-2-8-22(10-9-21)17(24)15-3-1-6-20-15/h1,3-6,11,20H,2,7-10H2. The number of amides is 2. The molecule has 0 bridgehead atoms. The predicted molar refractivity (Wildman–Crippen MR) is 88.6 cm³/mol. The van der Waals surface area contributed by atoms with Gasteiger partial charge in [-0.15, -0.1) is 0 Å². The van der Waals surface area contributed by atoms with Crippen LogP contribution in [0, 0.1) is 5.82 Å². The van der Waals surface area contributed by atoms with Gasteiger partial charge in [-0.05, 0) is 36.8 Å². The zero-order valence-corrected chi connectivity index (χ0v) is 13.7. The van der Waals surface area contributed by atoms with Crippen molar-refractivity contribution in [2.45, 2.75) is 6.42 Å². The molecule has 0 aliphatic carbocycles. The van der Waals surface area contributed by atoms with Crippen molar-refractivity contribution in [2.75, 3.05) is 26.2 Å². The van der Waals surface area contributed by atoms with Crippen LogP contribution in [0.15, 0.2) is 36.5 Å². The summed E-state index contributed by atoms with van der Waals surface area (Å²) in [5.41, 5.74) is 0.894. The van der Waals surface area contributed by atoms with E-state index in [9.17, 15) is 14.0 Å². The lowest BCUT2D eigenvalue weighted by Crippen LogP contribution is -2.37. The molecule has 1 saturated heterocycles. The van der Waals surface area contributed by atoms with Crippen molar-refractivity contribution in [3.8, 4) is 0 Å². The van der Waals surface area contributed by atoms with E-state index in [-0.39, 0.29) is 16.8 Å². The smallest absolute Gasteiger partial charge is 0.270 e. The van der Waals surface area contributed by atoms with Gasteiger partial charge in [0.25, 0.3) is 11.8 Å². The van der Waals surface area contributed by atoms with Crippen molar-refractivity contribution in [3.63, 3.8) is 0 Å². The summed E-state index contributed by atoms with van der Waals surface area (Å²) in [6.45, 7) is 2.02. The first-order chi connectivity index (χ1) is 11.6. The van der Waals surface area contributed by atoms with E-state index < -0.39 is 5.82 Å². The molecular formula is C17H17ClFN3O2. The molecule has 0 spiro atoms. The first kappa shape index (κ1) is 16.5. The van der Waals surface area contributed by atoms with Gasteiger partial charge in [-0.2, -0.15) is 0 Å². The van der Waals surface area contributed by atoms with Gasteiger partial charge in [0.2, 0.25) is 0 Å². The molecule has 1 aromatic carbocycles. The average Bonchev–Trinajstić information content (AvgIpc) is 3.00. The lowest BCUT2D eigenvalue weighted by molar-refractivity contribution is 0.0716. The molecule has 1 fully saturated rings. The molecule has 2 heterocycles. The fourth-order valence-electron chi connectivity index (χ4n) is 2.77. The molecule has 1 aliphatic heterocycles. The number of carbonyl (C=O) groups is 2. The minimum atomic E-state index is -0.549. The number of aromatic amines is 1. The highest BCUT2D eigenvalue weighted by atomic mass is 35.5. The summed E-state index contributed by atoms with van der Waals surface area (Å²) in [5, 5.41) is -0.0702. The van der Waals surface area contributed by atoms with Crippen LogP contribution >= 0.6 is 11.6 Å². The Morgan fingerprint density at radius 2 is 1.75 bits per heavy atom. The fourth-order valence-corrected chi connectivity index (χ4v) is 2.95.